The maximum atomic E-state index is 13.0. The van der Waals surface area contributed by atoms with Crippen molar-refractivity contribution >= 4 is 11.6 Å². The number of rotatable bonds is 7. The first-order valence-electron chi connectivity index (χ1n) is 6.95. The number of nitrogens with one attached hydrogen (secondary N) is 1. The van der Waals surface area contributed by atoms with Gasteiger partial charge in [0.2, 0.25) is 5.91 Å². The topological polar surface area (TPSA) is 52.6 Å². The Morgan fingerprint density at radius 1 is 1.24 bits per heavy atom. The molecule has 0 fully saturated rings. The van der Waals surface area contributed by atoms with Gasteiger partial charge in [0.25, 0.3) is 0 Å². The molecular formula is C15H22F2N2O2. The van der Waals surface area contributed by atoms with Crippen LogP contribution in [0.3, 0.4) is 0 Å². The molecule has 6 heteroatoms. The van der Waals surface area contributed by atoms with Crippen molar-refractivity contribution in [3.63, 3.8) is 0 Å². The van der Waals surface area contributed by atoms with Crippen LogP contribution in [0.4, 0.5) is 14.5 Å². The summed E-state index contributed by atoms with van der Waals surface area (Å²) >= 11 is 0. The van der Waals surface area contributed by atoms with E-state index >= 15 is 0 Å². The summed E-state index contributed by atoms with van der Waals surface area (Å²) in [5.74, 6) is -1.88. The second-order valence-electron chi connectivity index (χ2n) is 5.31. The summed E-state index contributed by atoms with van der Waals surface area (Å²) in [5.41, 5.74) is -0.757. The van der Waals surface area contributed by atoms with Gasteiger partial charge in [-0.05, 0) is 32.0 Å². The quantitative estimate of drug-likeness (QED) is 0.813. The fourth-order valence-electron chi connectivity index (χ4n) is 2.10. The van der Waals surface area contributed by atoms with Gasteiger partial charge in [0.1, 0.15) is 11.6 Å². The molecule has 0 aliphatic rings. The predicted octanol–water partition coefficient (Wildman–Crippen LogP) is 2.39. The minimum Gasteiger partial charge on any atom is -0.389 e. The SMILES string of the molecule is CCC(O)(CC)CN(C)CC(=O)Nc1cc(F)cc(F)c1. The van der Waals surface area contributed by atoms with E-state index in [0.29, 0.717) is 19.4 Å². The van der Waals surface area contributed by atoms with Gasteiger partial charge in [0, 0.05) is 18.3 Å². The van der Waals surface area contributed by atoms with Crippen LogP contribution >= 0.6 is 0 Å². The van der Waals surface area contributed by atoms with Gasteiger partial charge in [0.15, 0.2) is 0 Å². The van der Waals surface area contributed by atoms with E-state index in [0.717, 1.165) is 18.2 Å². The molecule has 0 saturated carbocycles. The van der Waals surface area contributed by atoms with Gasteiger partial charge in [-0.2, -0.15) is 0 Å². The average molecular weight is 300 g/mol. The minimum atomic E-state index is -0.833. The van der Waals surface area contributed by atoms with E-state index in [-0.39, 0.29) is 12.2 Å². The third-order valence-electron chi connectivity index (χ3n) is 3.44. The lowest BCUT2D eigenvalue weighted by molar-refractivity contribution is -0.117. The molecule has 0 aliphatic carbocycles. The smallest absolute Gasteiger partial charge is 0.238 e. The van der Waals surface area contributed by atoms with Crippen LogP contribution in [0.25, 0.3) is 0 Å². The van der Waals surface area contributed by atoms with Crippen molar-refractivity contribution in [1.29, 1.82) is 0 Å². The number of likely N-dealkylation sites (N-methyl/N-ethyl adjacent to an activating group) is 1. The molecule has 1 amide bonds. The molecule has 118 valence electrons. The van der Waals surface area contributed by atoms with E-state index in [9.17, 15) is 18.7 Å². The first-order chi connectivity index (χ1) is 9.78. The summed E-state index contributed by atoms with van der Waals surface area (Å²) in [7, 11) is 1.71. The summed E-state index contributed by atoms with van der Waals surface area (Å²) in [6.45, 7) is 4.14. The van der Waals surface area contributed by atoms with Crippen LogP contribution < -0.4 is 5.32 Å². The second kappa shape index (κ2) is 7.47. The third-order valence-corrected chi connectivity index (χ3v) is 3.44. The lowest BCUT2D eigenvalue weighted by Gasteiger charge is -2.30. The standard InChI is InChI=1S/C15H22F2N2O2/c1-4-15(21,5-2)10-19(3)9-14(20)18-13-7-11(16)6-12(17)8-13/h6-8,21H,4-5,9-10H2,1-3H3,(H,18,20). The number of anilines is 1. The van der Waals surface area contributed by atoms with Gasteiger partial charge in [-0.25, -0.2) is 8.78 Å². The van der Waals surface area contributed by atoms with Crippen molar-refractivity contribution in [1.82, 2.24) is 4.90 Å². The van der Waals surface area contributed by atoms with Crippen molar-refractivity contribution in [2.24, 2.45) is 0 Å². The highest BCUT2D eigenvalue weighted by Crippen LogP contribution is 2.16. The van der Waals surface area contributed by atoms with Gasteiger partial charge in [-0.15, -0.1) is 0 Å². The molecule has 4 nitrogen and oxygen atoms in total. The highest BCUT2D eigenvalue weighted by atomic mass is 19.1. The van der Waals surface area contributed by atoms with E-state index < -0.39 is 23.1 Å². The zero-order valence-corrected chi connectivity index (χ0v) is 12.6. The number of hydrogen-bond acceptors (Lipinski definition) is 3. The number of hydrogen-bond donors (Lipinski definition) is 2. The van der Waals surface area contributed by atoms with Gasteiger partial charge in [-0.3, -0.25) is 9.69 Å². The number of carbonyl (C=O) groups excluding carboxylic acids is 1. The number of aliphatic hydroxyl groups is 1. The van der Waals surface area contributed by atoms with Crippen LogP contribution in [0.5, 0.6) is 0 Å². The van der Waals surface area contributed by atoms with E-state index in [2.05, 4.69) is 5.32 Å². The Labute approximate surface area is 123 Å². The van der Waals surface area contributed by atoms with Gasteiger partial charge in [0.05, 0.1) is 12.1 Å². The molecule has 0 saturated heterocycles. The highest BCUT2D eigenvalue weighted by molar-refractivity contribution is 5.92. The fourth-order valence-corrected chi connectivity index (χ4v) is 2.10. The Balaban J connectivity index is 2.57. The third kappa shape index (κ3) is 5.77. The molecule has 1 aromatic carbocycles. The molecule has 2 N–H and O–H groups in total. The number of nitrogens with zero attached hydrogens (tertiary/aromatic N) is 1. The largest absolute Gasteiger partial charge is 0.389 e. The Bertz CT molecular complexity index is 470. The molecule has 0 radical (unpaired) electrons. The molecule has 21 heavy (non-hydrogen) atoms. The minimum absolute atomic E-state index is 0.0282. The van der Waals surface area contributed by atoms with E-state index in [1.807, 2.05) is 13.8 Å². The molecule has 1 aromatic rings. The summed E-state index contributed by atoms with van der Waals surface area (Å²) in [6, 6.07) is 2.84. The van der Waals surface area contributed by atoms with Crippen molar-refractivity contribution in [3.8, 4) is 0 Å². The summed E-state index contributed by atoms with van der Waals surface area (Å²) in [4.78, 5) is 13.5. The van der Waals surface area contributed by atoms with Crippen molar-refractivity contribution in [3.05, 3.63) is 29.8 Å². The molecule has 1 rings (SSSR count). The molecule has 0 bridgehead atoms. The molecule has 0 aliphatic heterocycles. The molecule has 0 aromatic heterocycles. The molecule has 0 atom stereocenters. The maximum absolute atomic E-state index is 13.0. The van der Waals surface area contributed by atoms with E-state index in [1.165, 1.54) is 0 Å². The average Bonchev–Trinajstić information content (AvgIpc) is 2.36. The Kier molecular flexibility index (Phi) is 6.23. The van der Waals surface area contributed by atoms with Gasteiger partial charge in [-0.1, -0.05) is 13.8 Å². The molecule has 0 spiro atoms. The van der Waals surface area contributed by atoms with Crippen LogP contribution in [0.15, 0.2) is 18.2 Å². The van der Waals surface area contributed by atoms with Crippen molar-refractivity contribution in [2.45, 2.75) is 32.3 Å². The fraction of sp³-hybridized carbons (Fsp3) is 0.533. The number of halogens is 2. The normalized spacial score (nSPS) is 11.8. The van der Waals surface area contributed by atoms with Crippen molar-refractivity contribution < 1.29 is 18.7 Å². The second-order valence-corrected chi connectivity index (χ2v) is 5.31. The number of amides is 1. The molecule has 0 unspecified atom stereocenters. The van der Waals surface area contributed by atoms with Crippen LogP contribution in [-0.4, -0.2) is 41.7 Å². The zero-order valence-electron chi connectivity index (χ0n) is 12.6. The highest BCUT2D eigenvalue weighted by Gasteiger charge is 2.24. The lowest BCUT2D eigenvalue weighted by Crippen LogP contribution is -2.43. The summed E-state index contributed by atoms with van der Waals surface area (Å²) < 4.78 is 26.0. The first-order valence-corrected chi connectivity index (χ1v) is 6.95. The molecular weight excluding hydrogens is 278 g/mol. The Morgan fingerprint density at radius 3 is 2.24 bits per heavy atom. The summed E-state index contributed by atoms with van der Waals surface area (Å²) in [6.07, 6.45) is 1.18. The van der Waals surface area contributed by atoms with E-state index in [1.54, 1.807) is 11.9 Å². The first kappa shape index (κ1) is 17.5. The monoisotopic (exact) mass is 300 g/mol. The van der Waals surface area contributed by atoms with Crippen LogP contribution in [0.2, 0.25) is 0 Å². The number of benzene rings is 1. The van der Waals surface area contributed by atoms with Crippen molar-refractivity contribution in [2.75, 3.05) is 25.5 Å². The Morgan fingerprint density at radius 2 is 1.76 bits per heavy atom. The number of carbonyl (C=O) groups is 1. The lowest BCUT2D eigenvalue weighted by atomic mass is 9.97. The van der Waals surface area contributed by atoms with Crippen LogP contribution in [0, 0.1) is 11.6 Å². The van der Waals surface area contributed by atoms with Gasteiger partial charge < -0.3 is 10.4 Å². The van der Waals surface area contributed by atoms with Crippen LogP contribution in [0.1, 0.15) is 26.7 Å². The van der Waals surface area contributed by atoms with Crippen LogP contribution in [-0.2, 0) is 4.79 Å². The van der Waals surface area contributed by atoms with Gasteiger partial charge >= 0.3 is 0 Å². The maximum Gasteiger partial charge on any atom is 0.238 e. The predicted molar refractivity (Wildman–Crippen MR) is 78.0 cm³/mol. The zero-order chi connectivity index (χ0) is 16.0. The van der Waals surface area contributed by atoms with E-state index in [4.69, 9.17) is 0 Å². The summed E-state index contributed by atoms with van der Waals surface area (Å²) in [5, 5.41) is 12.6. The Hall–Kier alpha value is -1.53. The molecule has 0 heterocycles.